The number of nitrogens with two attached hydrogens (primary N) is 1. The van der Waals surface area contributed by atoms with Gasteiger partial charge < -0.3 is 14.8 Å². The van der Waals surface area contributed by atoms with Crippen LogP contribution in [0.15, 0.2) is 36.4 Å². The van der Waals surface area contributed by atoms with Gasteiger partial charge in [0.05, 0.1) is 11.6 Å². The van der Waals surface area contributed by atoms with Crippen molar-refractivity contribution < 1.29 is 41.4 Å². The van der Waals surface area contributed by atoms with Crippen molar-refractivity contribution in [2.75, 3.05) is 0 Å². The van der Waals surface area contributed by atoms with E-state index in [0.29, 0.717) is 12.5 Å². The molecule has 0 saturated carbocycles. The van der Waals surface area contributed by atoms with Crippen LogP contribution < -0.4 is 21.3 Å². The summed E-state index contributed by atoms with van der Waals surface area (Å²) in [5.74, 6) is 1.84. The van der Waals surface area contributed by atoms with Crippen molar-refractivity contribution in [3.8, 4) is 5.75 Å². The maximum absolute atomic E-state index is 16.3. The predicted molar refractivity (Wildman–Crippen MR) is 138 cm³/mol. The fourth-order valence-electron chi connectivity index (χ4n) is 4.68. The zero-order valence-electron chi connectivity index (χ0n) is 22.9. The van der Waals surface area contributed by atoms with Crippen molar-refractivity contribution in [1.29, 1.82) is 0 Å². The normalized spacial score (nSPS) is 21.5. The summed E-state index contributed by atoms with van der Waals surface area (Å²) in [4.78, 5) is 38.1. The van der Waals surface area contributed by atoms with Gasteiger partial charge in [-0.05, 0) is 81.0 Å². The standard InChI is InChI=1S/C28H33F4N3O5/c1-26(2,3)40-25(38)34-22-14-27(4,30)20-13-21(29)19(24(37)35-33)12-18(20)16(11-23(22)36)10-15-6-8-17(9-7-15)39-28(5,31)32/h6-9,12-13,16,22H,10-11,14,33H2,1-5H3,(H,34,38)(H,35,37)/t16?,22-,27?/m0/s1. The Labute approximate surface area is 229 Å². The number of carbonyl (C=O) groups is 3. The molecule has 2 unspecified atom stereocenters. The number of hydrogen-bond acceptors (Lipinski definition) is 6. The lowest BCUT2D eigenvalue weighted by molar-refractivity contribution is -0.159. The number of ketones is 1. The van der Waals surface area contributed by atoms with Crippen LogP contribution in [0.2, 0.25) is 0 Å². The number of ether oxygens (including phenoxy) is 2. The highest BCUT2D eigenvalue weighted by molar-refractivity contribution is 5.94. The number of rotatable bonds is 6. The lowest BCUT2D eigenvalue weighted by Crippen LogP contribution is -2.47. The van der Waals surface area contributed by atoms with E-state index in [1.807, 2.05) is 5.43 Å². The Morgan fingerprint density at radius 2 is 1.75 bits per heavy atom. The fraction of sp³-hybridized carbons (Fsp3) is 0.464. The van der Waals surface area contributed by atoms with E-state index in [2.05, 4.69) is 10.1 Å². The number of nitrogen functional groups attached to an aromatic ring is 1. The summed E-state index contributed by atoms with van der Waals surface area (Å²) in [5.41, 5.74) is -1.10. The highest BCUT2D eigenvalue weighted by Gasteiger charge is 2.41. The molecule has 3 atom stereocenters. The van der Waals surface area contributed by atoms with E-state index >= 15 is 4.39 Å². The quantitative estimate of drug-likeness (QED) is 0.191. The highest BCUT2D eigenvalue weighted by atomic mass is 19.3. The van der Waals surface area contributed by atoms with Gasteiger partial charge in [0.15, 0.2) is 5.78 Å². The number of halogens is 4. The Morgan fingerprint density at radius 3 is 2.30 bits per heavy atom. The van der Waals surface area contributed by atoms with Gasteiger partial charge >= 0.3 is 12.2 Å². The number of benzene rings is 2. The molecule has 0 radical (unpaired) electrons. The number of carbonyl (C=O) groups excluding carboxylic acids is 3. The lowest BCUT2D eigenvalue weighted by Gasteiger charge is -2.35. The molecule has 0 saturated heterocycles. The van der Waals surface area contributed by atoms with E-state index in [0.717, 1.165) is 13.0 Å². The molecule has 4 N–H and O–H groups in total. The Hall–Kier alpha value is -3.67. The van der Waals surface area contributed by atoms with Crippen molar-refractivity contribution in [3.63, 3.8) is 0 Å². The van der Waals surface area contributed by atoms with Gasteiger partial charge in [-0.1, -0.05) is 12.1 Å². The van der Waals surface area contributed by atoms with Crippen LogP contribution in [0.25, 0.3) is 0 Å². The minimum atomic E-state index is -3.39. The van der Waals surface area contributed by atoms with Gasteiger partial charge in [0.2, 0.25) is 0 Å². The molecular weight excluding hydrogens is 534 g/mol. The third-order valence-electron chi connectivity index (χ3n) is 6.33. The molecule has 2 amide bonds. The fourth-order valence-corrected chi connectivity index (χ4v) is 4.68. The summed E-state index contributed by atoms with van der Waals surface area (Å²) in [5, 5.41) is 2.43. The molecule has 40 heavy (non-hydrogen) atoms. The largest absolute Gasteiger partial charge is 0.444 e. The molecule has 0 heterocycles. The van der Waals surface area contributed by atoms with E-state index in [1.54, 1.807) is 20.8 Å². The number of hydrogen-bond donors (Lipinski definition) is 3. The van der Waals surface area contributed by atoms with E-state index in [-0.39, 0.29) is 29.7 Å². The van der Waals surface area contributed by atoms with Crippen LogP contribution in [0.1, 0.15) is 80.4 Å². The van der Waals surface area contributed by atoms with Crippen LogP contribution in [0.4, 0.5) is 22.4 Å². The zero-order valence-corrected chi connectivity index (χ0v) is 22.9. The molecule has 0 spiro atoms. The topological polar surface area (TPSA) is 120 Å². The molecule has 8 nitrogen and oxygen atoms in total. The molecule has 2 aromatic carbocycles. The van der Waals surface area contributed by atoms with E-state index in [1.165, 1.54) is 30.3 Å². The van der Waals surface area contributed by atoms with Crippen LogP contribution in [0, 0.1) is 5.82 Å². The van der Waals surface area contributed by atoms with Gasteiger partial charge in [-0.15, -0.1) is 0 Å². The highest BCUT2D eigenvalue weighted by Crippen LogP contribution is 2.42. The molecule has 0 aromatic heterocycles. The summed E-state index contributed by atoms with van der Waals surface area (Å²) in [6, 6.07) is 6.42. The number of hydrazine groups is 1. The van der Waals surface area contributed by atoms with E-state index < -0.39 is 64.9 Å². The van der Waals surface area contributed by atoms with Gasteiger partial charge in [-0.25, -0.2) is 19.4 Å². The van der Waals surface area contributed by atoms with Crippen LogP contribution in [0.5, 0.6) is 5.75 Å². The Kier molecular flexibility index (Phi) is 8.83. The average molecular weight is 568 g/mol. The minimum Gasteiger partial charge on any atom is -0.444 e. The SMILES string of the molecule is CC(C)(C)OC(=O)N[C@H]1CC(C)(F)c2cc(F)c(C(=O)NN)cc2C(Cc2ccc(OC(C)(F)F)cc2)CC1=O. The third kappa shape index (κ3) is 7.93. The summed E-state index contributed by atoms with van der Waals surface area (Å²) in [6.07, 6.45) is -4.94. The van der Waals surface area contributed by atoms with E-state index in [4.69, 9.17) is 10.6 Å². The van der Waals surface area contributed by atoms with Crippen LogP contribution in [-0.2, 0) is 21.6 Å². The Balaban J connectivity index is 2.06. The van der Waals surface area contributed by atoms with Gasteiger partial charge in [0.1, 0.15) is 22.8 Å². The number of Topliss-reactive ketones (excluding diaryl/α,β-unsaturated/α-hetero) is 1. The summed E-state index contributed by atoms with van der Waals surface area (Å²) in [6.45, 7) is 6.65. The molecule has 12 heteroatoms. The van der Waals surface area contributed by atoms with Crippen molar-refractivity contribution in [3.05, 3.63) is 64.5 Å². The third-order valence-corrected chi connectivity index (χ3v) is 6.33. The van der Waals surface area contributed by atoms with Crippen LogP contribution >= 0.6 is 0 Å². The molecule has 0 aliphatic heterocycles. The molecule has 218 valence electrons. The Bertz CT molecular complexity index is 1270. The molecule has 2 aromatic rings. The molecular formula is C28H33F4N3O5. The lowest BCUT2D eigenvalue weighted by atomic mass is 9.74. The number of fused-ring (bicyclic) bond motifs is 1. The molecule has 0 fully saturated rings. The minimum absolute atomic E-state index is 0.0894. The molecule has 1 aliphatic carbocycles. The number of alkyl halides is 3. The maximum Gasteiger partial charge on any atom is 0.408 e. The van der Waals surface area contributed by atoms with Gasteiger partial charge in [-0.2, -0.15) is 8.78 Å². The average Bonchev–Trinajstić information content (AvgIpc) is 2.81. The van der Waals surface area contributed by atoms with Gasteiger partial charge in [-0.3, -0.25) is 15.0 Å². The van der Waals surface area contributed by atoms with Crippen LogP contribution in [0.3, 0.4) is 0 Å². The van der Waals surface area contributed by atoms with Crippen molar-refractivity contribution >= 4 is 17.8 Å². The number of nitrogens with one attached hydrogen (secondary N) is 2. The second-order valence-corrected chi connectivity index (χ2v) is 11.1. The maximum atomic E-state index is 16.3. The number of amides is 2. The first-order chi connectivity index (χ1) is 18.4. The molecule has 1 aliphatic rings. The first-order valence-electron chi connectivity index (χ1n) is 12.6. The Morgan fingerprint density at radius 1 is 1.12 bits per heavy atom. The van der Waals surface area contributed by atoms with Gasteiger partial charge in [0.25, 0.3) is 5.91 Å². The van der Waals surface area contributed by atoms with Crippen LogP contribution in [-0.4, -0.2) is 35.5 Å². The number of alkyl carbamates (subject to hydrolysis) is 1. The molecule has 3 rings (SSSR count). The molecule has 0 bridgehead atoms. The predicted octanol–water partition coefficient (Wildman–Crippen LogP) is 5.19. The van der Waals surface area contributed by atoms with Crippen molar-refractivity contribution in [2.24, 2.45) is 5.84 Å². The monoisotopic (exact) mass is 567 g/mol. The summed E-state index contributed by atoms with van der Waals surface area (Å²) in [7, 11) is 0. The first-order valence-corrected chi connectivity index (χ1v) is 12.6. The second kappa shape index (κ2) is 11.4. The smallest absolute Gasteiger partial charge is 0.408 e. The van der Waals surface area contributed by atoms with Crippen molar-refractivity contribution in [1.82, 2.24) is 10.7 Å². The zero-order chi connectivity index (χ0) is 30.0. The summed E-state index contributed by atoms with van der Waals surface area (Å²) >= 11 is 0. The van der Waals surface area contributed by atoms with E-state index in [9.17, 15) is 27.6 Å². The van der Waals surface area contributed by atoms with Gasteiger partial charge in [0, 0.05) is 19.8 Å². The van der Waals surface area contributed by atoms with Crippen molar-refractivity contribution in [2.45, 2.75) is 83.2 Å². The first kappa shape index (κ1) is 30.9. The second-order valence-electron chi connectivity index (χ2n) is 11.1. The summed E-state index contributed by atoms with van der Waals surface area (Å²) < 4.78 is 67.5.